The van der Waals surface area contributed by atoms with Gasteiger partial charge in [0.1, 0.15) is 11.8 Å². The number of nitrogens with zero attached hydrogens (tertiary/aromatic N) is 4. The third kappa shape index (κ3) is 3.95. The van der Waals surface area contributed by atoms with Gasteiger partial charge in [0, 0.05) is 37.6 Å². The maximum atomic E-state index is 12.7. The molecular weight excluding hydrogens is 404 g/mol. The highest BCUT2D eigenvalue weighted by atomic mass is 32.1. The summed E-state index contributed by atoms with van der Waals surface area (Å²) in [7, 11) is 0. The van der Waals surface area contributed by atoms with Crippen LogP contribution in [0.2, 0.25) is 0 Å². The van der Waals surface area contributed by atoms with Crippen LogP contribution < -0.4 is 4.74 Å². The number of carbonyl (C=O) groups is 1. The molecule has 0 N–H and O–H groups in total. The summed E-state index contributed by atoms with van der Waals surface area (Å²) in [5.41, 5.74) is 1.02. The van der Waals surface area contributed by atoms with E-state index in [1.54, 1.807) is 22.7 Å². The van der Waals surface area contributed by atoms with Crippen LogP contribution >= 0.6 is 22.7 Å². The van der Waals surface area contributed by atoms with Gasteiger partial charge in [-0.25, -0.2) is 4.98 Å². The molecule has 1 aromatic carbocycles. The summed E-state index contributed by atoms with van der Waals surface area (Å²) in [6.45, 7) is 8.87. The number of aryl methyl sites for hydroxylation is 1. The molecule has 29 heavy (non-hydrogen) atoms. The molecule has 1 saturated heterocycles. The van der Waals surface area contributed by atoms with Crippen LogP contribution in [0, 0.1) is 24.2 Å². The SMILES string of the molecule is Cc1nc2c(cc(OCC(=O)N3CCN(C(C#N)C(C)C)CC3)c3ccsc32)s1. The lowest BCUT2D eigenvalue weighted by Crippen LogP contribution is -2.53. The predicted octanol–water partition coefficient (Wildman–Crippen LogP) is 3.89. The van der Waals surface area contributed by atoms with Gasteiger partial charge in [0.05, 0.1) is 26.0 Å². The molecule has 6 nitrogen and oxygen atoms in total. The summed E-state index contributed by atoms with van der Waals surface area (Å²) in [6, 6.07) is 6.32. The molecule has 0 radical (unpaired) electrons. The van der Waals surface area contributed by atoms with E-state index in [1.807, 2.05) is 29.3 Å². The van der Waals surface area contributed by atoms with Crippen molar-refractivity contribution in [1.29, 1.82) is 5.26 Å². The predicted molar refractivity (Wildman–Crippen MR) is 118 cm³/mol. The summed E-state index contributed by atoms with van der Waals surface area (Å²) >= 11 is 3.29. The summed E-state index contributed by atoms with van der Waals surface area (Å²) in [6.07, 6.45) is 0. The molecule has 0 spiro atoms. The second-order valence-electron chi connectivity index (χ2n) is 7.64. The molecule has 3 heterocycles. The van der Waals surface area contributed by atoms with Gasteiger partial charge in [-0.3, -0.25) is 9.69 Å². The Morgan fingerprint density at radius 3 is 2.79 bits per heavy atom. The van der Waals surface area contributed by atoms with Crippen molar-refractivity contribution in [2.45, 2.75) is 26.8 Å². The fourth-order valence-corrected chi connectivity index (χ4v) is 5.67. The van der Waals surface area contributed by atoms with Crippen molar-refractivity contribution in [3.8, 4) is 11.8 Å². The molecule has 1 fully saturated rings. The topological polar surface area (TPSA) is 69.5 Å². The first-order valence-corrected chi connectivity index (χ1v) is 11.5. The highest BCUT2D eigenvalue weighted by Gasteiger charge is 2.28. The number of thiophene rings is 1. The fourth-order valence-electron chi connectivity index (χ4n) is 3.84. The van der Waals surface area contributed by atoms with Crippen LogP contribution in [-0.4, -0.2) is 59.5 Å². The van der Waals surface area contributed by atoms with E-state index in [9.17, 15) is 10.1 Å². The van der Waals surface area contributed by atoms with Crippen LogP contribution in [0.4, 0.5) is 0 Å². The van der Waals surface area contributed by atoms with Crippen LogP contribution in [0.25, 0.3) is 20.3 Å². The molecular formula is C21H24N4O2S2. The lowest BCUT2D eigenvalue weighted by Gasteiger charge is -2.38. The van der Waals surface area contributed by atoms with Gasteiger partial charge in [-0.15, -0.1) is 22.7 Å². The minimum absolute atomic E-state index is 0.00772. The summed E-state index contributed by atoms with van der Waals surface area (Å²) < 4.78 is 8.17. The van der Waals surface area contributed by atoms with Crippen molar-refractivity contribution in [2.75, 3.05) is 32.8 Å². The zero-order valence-corrected chi connectivity index (χ0v) is 18.5. The Morgan fingerprint density at radius 1 is 1.34 bits per heavy atom. The normalized spacial score (nSPS) is 16.4. The van der Waals surface area contributed by atoms with Crippen molar-refractivity contribution in [2.24, 2.45) is 5.92 Å². The smallest absolute Gasteiger partial charge is 0.260 e. The lowest BCUT2D eigenvalue weighted by molar-refractivity contribution is -0.135. The van der Waals surface area contributed by atoms with Gasteiger partial charge in [0.15, 0.2) is 6.61 Å². The Morgan fingerprint density at radius 2 is 2.10 bits per heavy atom. The van der Waals surface area contributed by atoms with E-state index in [1.165, 1.54) is 0 Å². The molecule has 1 unspecified atom stereocenters. The third-order valence-electron chi connectivity index (χ3n) is 5.34. The molecule has 0 aliphatic carbocycles. The monoisotopic (exact) mass is 428 g/mol. The minimum Gasteiger partial charge on any atom is -0.483 e. The number of amides is 1. The number of hydrogen-bond acceptors (Lipinski definition) is 7. The zero-order chi connectivity index (χ0) is 20.5. The van der Waals surface area contributed by atoms with E-state index in [0.29, 0.717) is 13.1 Å². The number of thiazole rings is 1. The van der Waals surface area contributed by atoms with Gasteiger partial charge in [0.2, 0.25) is 0 Å². The quantitative estimate of drug-likeness (QED) is 0.617. The highest BCUT2D eigenvalue weighted by Crippen LogP contribution is 2.38. The van der Waals surface area contributed by atoms with Gasteiger partial charge in [-0.1, -0.05) is 13.8 Å². The molecule has 1 aliphatic rings. The number of piperazine rings is 1. The Balaban J connectivity index is 1.41. The zero-order valence-electron chi connectivity index (χ0n) is 16.8. The van der Waals surface area contributed by atoms with Crippen molar-refractivity contribution >= 4 is 48.9 Å². The van der Waals surface area contributed by atoms with Gasteiger partial charge < -0.3 is 9.64 Å². The molecule has 3 aromatic rings. The van der Waals surface area contributed by atoms with E-state index < -0.39 is 0 Å². The Bertz CT molecular complexity index is 1070. The van der Waals surface area contributed by atoms with Gasteiger partial charge in [-0.2, -0.15) is 5.26 Å². The van der Waals surface area contributed by atoms with Crippen molar-refractivity contribution in [1.82, 2.24) is 14.8 Å². The van der Waals surface area contributed by atoms with E-state index >= 15 is 0 Å². The first-order valence-electron chi connectivity index (χ1n) is 9.79. The molecule has 8 heteroatoms. The molecule has 2 aromatic heterocycles. The molecule has 1 amide bonds. The number of carbonyl (C=O) groups excluding carboxylic acids is 1. The van der Waals surface area contributed by atoms with E-state index in [4.69, 9.17) is 4.74 Å². The Kier molecular flexibility index (Phi) is 5.72. The first-order chi connectivity index (χ1) is 14.0. The molecule has 1 aliphatic heterocycles. The molecule has 0 saturated carbocycles. The van der Waals surface area contributed by atoms with Crippen molar-refractivity contribution in [3.63, 3.8) is 0 Å². The maximum Gasteiger partial charge on any atom is 0.260 e. The number of hydrogen-bond donors (Lipinski definition) is 0. The summed E-state index contributed by atoms with van der Waals surface area (Å²) in [4.78, 5) is 21.3. The number of rotatable bonds is 5. The number of benzene rings is 1. The maximum absolute atomic E-state index is 12.7. The van der Waals surface area contributed by atoms with Gasteiger partial charge in [0.25, 0.3) is 5.91 Å². The Labute approximate surface area is 178 Å². The van der Waals surface area contributed by atoms with Crippen LogP contribution in [0.3, 0.4) is 0 Å². The number of ether oxygens (including phenoxy) is 1. The largest absolute Gasteiger partial charge is 0.483 e. The van der Waals surface area contributed by atoms with Gasteiger partial charge >= 0.3 is 0 Å². The van der Waals surface area contributed by atoms with Crippen LogP contribution in [0.15, 0.2) is 17.5 Å². The van der Waals surface area contributed by atoms with Crippen LogP contribution in [0.1, 0.15) is 18.9 Å². The molecule has 0 bridgehead atoms. The molecule has 152 valence electrons. The van der Waals surface area contributed by atoms with Crippen molar-refractivity contribution < 1.29 is 9.53 Å². The minimum atomic E-state index is -0.0926. The lowest BCUT2D eigenvalue weighted by atomic mass is 10.0. The first kappa shape index (κ1) is 20.1. The number of aromatic nitrogens is 1. The van der Waals surface area contributed by atoms with E-state index in [2.05, 4.69) is 29.8 Å². The van der Waals surface area contributed by atoms with E-state index in [-0.39, 0.29) is 24.5 Å². The third-order valence-corrected chi connectivity index (χ3v) is 7.18. The average Bonchev–Trinajstić information content (AvgIpc) is 3.32. The van der Waals surface area contributed by atoms with Crippen molar-refractivity contribution in [3.05, 3.63) is 22.5 Å². The summed E-state index contributed by atoms with van der Waals surface area (Å²) in [5.74, 6) is 1.02. The molecule has 4 rings (SSSR count). The molecule has 1 atom stereocenters. The van der Waals surface area contributed by atoms with Crippen LogP contribution in [0.5, 0.6) is 5.75 Å². The Hall–Kier alpha value is -2.21. The summed E-state index contributed by atoms with van der Waals surface area (Å²) in [5, 5.41) is 13.5. The highest BCUT2D eigenvalue weighted by molar-refractivity contribution is 7.21. The average molecular weight is 429 g/mol. The second-order valence-corrected chi connectivity index (χ2v) is 9.79. The van der Waals surface area contributed by atoms with E-state index in [0.717, 1.165) is 44.1 Å². The number of nitriles is 1. The standard InChI is InChI=1S/C21H24N4O2S2/c1-13(2)16(11-22)24-5-7-25(8-6-24)19(26)12-27-17-10-18-20(23-14(3)29-18)21-15(17)4-9-28-21/h4,9-10,13,16H,5-8,12H2,1-3H3. The second kappa shape index (κ2) is 8.27. The van der Waals surface area contributed by atoms with Crippen LogP contribution in [-0.2, 0) is 4.79 Å². The fraction of sp³-hybridized carbons (Fsp3) is 0.476. The van der Waals surface area contributed by atoms with Gasteiger partial charge in [-0.05, 0) is 24.3 Å². The number of fused-ring (bicyclic) bond motifs is 3.